The second kappa shape index (κ2) is 8.92. The lowest BCUT2D eigenvalue weighted by molar-refractivity contribution is 0.0434. The van der Waals surface area contributed by atoms with E-state index in [9.17, 15) is 9.18 Å². The van der Waals surface area contributed by atoms with Crippen LogP contribution in [0.25, 0.3) is 0 Å². The highest BCUT2D eigenvalue weighted by atomic mass is 35.5. The number of likely N-dealkylation sites (tertiary alicyclic amines) is 1. The average molecular weight is 415 g/mol. The van der Waals surface area contributed by atoms with E-state index in [0.29, 0.717) is 0 Å². The molecule has 3 rings (SSSR count). The van der Waals surface area contributed by atoms with E-state index in [2.05, 4.69) is 15.3 Å². The Bertz CT molecular complexity index is 1070. The lowest BCUT2D eigenvalue weighted by atomic mass is 9.92. The van der Waals surface area contributed by atoms with Crippen LogP contribution in [0.1, 0.15) is 49.7 Å². The summed E-state index contributed by atoms with van der Waals surface area (Å²) in [6.07, 6.45) is -0.580. The number of carbonyl (C=O) groups excluding carboxylic acids is 1. The molecule has 0 aliphatic carbocycles. The van der Waals surface area contributed by atoms with Crippen LogP contribution in [0.2, 0.25) is 5.02 Å². The maximum atomic E-state index is 15.7. The molecule has 1 fully saturated rings. The molecule has 5 nitrogen and oxygen atoms in total. The fourth-order valence-electron chi connectivity index (χ4n) is 2.60. The van der Waals surface area contributed by atoms with Crippen LogP contribution >= 0.6 is 11.6 Å². The molecule has 1 saturated heterocycles. The van der Waals surface area contributed by atoms with Crippen molar-refractivity contribution in [1.82, 2.24) is 20.2 Å². The molecule has 1 aromatic carbocycles. The minimum Gasteiger partial charge on any atom is -0.338 e. The van der Waals surface area contributed by atoms with Gasteiger partial charge in [0, 0.05) is 58.6 Å². The zero-order valence-electron chi connectivity index (χ0n) is 21.1. The molecule has 1 unspecified atom stereocenters. The molecule has 2 heterocycles. The number of hydrogen-bond donors (Lipinski definition) is 1. The van der Waals surface area contributed by atoms with Crippen LogP contribution in [0, 0.1) is 5.82 Å². The largest absolute Gasteiger partial charge is 0.338 e. The second-order valence-electron chi connectivity index (χ2n) is 6.25. The van der Waals surface area contributed by atoms with Gasteiger partial charge in [-0.2, -0.15) is 0 Å². The smallest absolute Gasteiger partial charge is 0.253 e. The van der Waals surface area contributed by atoms with Crippen molar-refractivity contribution >= 4 is 17.5 Å². The number of amides is 1. The molecule has 1 amide bonds. The Morgan fingerprint density at radius 3 is 2.82 bits per heavy atom. The van der Waals surface area contributed by atoms with E-state index in [1.165, 1.54) is 19.3 Å². The van der Waals surface area contributed by atoms with Crippen molar-refractivity contribution in [3.05, 3.63) is 58.4 Å². The average Bonchev–Trinajstić information content (AvgIpc) is 2.73. The monoisotopic (exact) mass is 414 g/mol. The number of nitrogens with zero attached hydrogens (tertiary/aromatic N) is 3. The van der Waals surface area contributed by atoms with Gasteiger partial charge < -0.3 is 10.2 Å². The van der Waals surface area contributed by atoms with Gasteiger partial charge in [0.05, 0.1) is 11.6 Å². The van der Waals surface area contributed by atoms with Crippen molar-refractivity contribution in [2.45, 2.75) is 38.4 Å². The first-order chi connectivity index (χ1) is 15.6. The number of piperidine rings is 1. The van der Waals surface area contributed by atoms with E-state index in [1.54, 1.807) is 0 Å². The number of aromatic nitrogens is 2. The number of carbonyl (C=O) groups is 1. The minimum absolute atomic E-state index is 0.0696. The molecule has 2 aromatic rings. The van der Waals surface area contributed by atoms with Gasteiger partial charge >= 0.3 is 0 Å². The zero-order chi connectivity index (χ0) is 25.5. The molecular weight excluding hydrogens is 386 g/mol. The second-order valence-corrected chi connectivity index (χ2v) is 6.66. The summed E-state index contributed by atoms with van der Waals surface area (Å²) in [5, 5.41) is 2.07. The highest BCUT2D eigenvalue weighted by Crippen LogP contribution is 2.27. The van der Waals surface area contributed by atoms with Gasteiger partial charge in [-0.15, -0.1) is 0 Å². The molecule has 0 bridgehead atoms. The summed E-state index contributed by atoms with van der Waals surface area (Å²) in [7, 11) is 0. The van der Waals surface area contributed by atoms with Gasteiger partial charge in [0.25, 0.3) is 5.91 Å². The predicted octanol–water partition coefficient (Wildman–Crippen LogP) is 3.57. The third-order valence-electron chi connectivity index (χ3n) is 4.25. The molecule has 1 N–H and O–H groups in total. The van der Waals surface area contributed by atoms with E-state index in [4.69, 9.17) is 19.8 Å². The van der Waals surface area contributed by atoms with E-state index >= 15 is 4.39 Å². The Kier molecular flexibility index (Phi) is 4.45. The van der Waals surface area contributed by atoms with Crippen LogP contribution in [-0.4, -0.2) is 46.0 Å². The van der Waals surface area contributed by atoms with Crippen molar-refractivity contribution in [2.75, 3.05) is 19.5 Å². The van der Waals surface area contributed by atoms with Gasteiger partial charge in [-0.1, -0.05) is 18.5 Å². The minimum atomic E-state index is -2.70. The van der Waals surface area contributed by atoms with Crippen LogP contribution < -0.4 is 5.32 Å². The first kappa shape index (κ1) is 14.0. The van der Waals surface area contributed by atoms with Crippen LogP contribution in [0.4, 0.5) is 8.78 Å². The molecule has 1 aromatic heterocycles. The number of halogens is 3. The molecule has 0 saturated carbocycles. The third kappa shape index (κ3) is 5.02. The van der Waals surface area contributed by atoms with Crippen molar-refractivity contribution in [1.29, 1.82) is 0 Å². The lowest BCUT2D eigenvalue weighted by Crippen LogP contribution is -2.48. The zero-order valence-corrected chi connectivity index (χ0v) is 15.9. The molecule has 8 heteroatoms. The standard InChI is InChI=1S/C20H23ClF2N4O/c1-2-14-10-25-18(26-11-14)12-24-13-20(23)5-7-27(8-6-20)19(28)15-3-4-17(22)16(21)9-15/h3-4,9-11,24H,2,5-8,12-13H2,1H3/i2D2,7D2,13D2. The normalized spacial score (nSPS) is 25.6. The van der Waals surface area contributed by atoms with Crippen LogP contribution in [0.3, 0.4) is 0 Å². The fourth-order valence-corrected chi connectivity index (χ4v) is 2.78. The summed E-state index contributed by atoms with van der Waals surface area (Å²) >= 11 is 5.70. The van der Waals surface area contributed by atoms with E-state index in [-0.39, 0.29) is 28.5 Å². The van der Waals surface area contributed by atoms with Crippen molar-refractivity contribution in [3.63, 3.8) is 0 Å². The van der Waals surface area contributed by atoms with E-state index in [0.717, 1.165) is 23.1 Å². The fraction of sp³-hybridized carbons (Fsp3) is 0.450. The molecule has 0 spiro atoms. The van der Waals surface area contributed by atoms with Gasteiger partial charge in [0.1, 0.15) is 17.3 Å². The summed E-state index contributed by atoms with van der Waals surface area (Å²) in [5.74, 6) is -1.45. The number of rotatable bonds is 6. The van der Waals surface area contributed by atoms with Crippen LogP contribution in [0.15, 0.2) is 30.6 Å². The summed E-state index contributed by atoms with van der Waals surface area (Å²) in [5.41, 5.74) is -2.51. The summed E-state index contributed by atoms with van der Waals surface area (Å²) in [4.78, 5) is 21.5. The molecule has 150 valence electrons. The van der Waals surface area contributed by atoms with Gasteiger partial charge in [0.15, 0.2) is 0 Å². The number of aryl methyl sites for hydroxylation is 1. The third-order valence-corrected chi connectivity index (χ3v) is 4.54. The van der Waals surface area contributed by atoms with Gasteiger partial charge in [-0.05, 0) is 30.1 Å². The van der Waals surface area contributed by atoms with E-state index in [1.807, 2.05) is 0 Å². The lowest BCUT2D eigenvalue weighted by Gasteiger charge is -2.36. The summed E-state index contributed by atoms with van der Waals surface area (Å²) < 4.78 is 77.3. The molecular formula is C20H23ClF2N4O. The molecule has 1 aliphatic rings. The van der Waals surface area contributed by atoms with Crippen LogP contribution in [-0.2, 0) is 12.9 Å². The quantitative estimate of drug-likeness (QED) is 0.785. The van der Waals surface area contributed by atoms with Gasteiger partial charge in [0.2, 0.25) is 0 Å². The Morgan fingerprint density at radius 1 is 1.43 bits per heavy atom. The highest BCUT2D eigenvalue weighted by molar-refractivity contribution is 6.31. The number of alkyl halides is 1. The highest BCUT2D eigenvalue weighted by Gasteiger charge is 2.36. The summed E-state index contributed by atoms with van der Waals surface area (Å²) in [6.45, 7) is -4.60. The summed E-state index contributed by atoms with van der Waals surface area (Å²) in [6, 6.07) is 3.18. The van der Waals surface area contributed by atoms with Crippen molar-refractivity contribution in [3.8, 4) is 0 Å². The topological polar surface area (TPSA) is 58.1 Å². The number of hydrogen-bond acceptors (Lipinski definition) is 4. The Labute approximate surface area is 176 Å². The molecule has 1 aliphatic heterocycles. The number of nitrogens with one attached hydrogen (secondary N) is 1. The van der Waals surface area contributed by atoms with E-state index < -0.39 is 56.1 Å². The molecule has 0 radical (unpaired) electrons. The molecule has 1 atom stereocenters. The first-order valence-electron chi connectivity index (χ1n) is 11.6. The Balaban J connectivity index is 1.71. The SMILES string of the molecule is [2H]C([2H])(C)c1cnc(CNC([2H])([2H])C2(F)CCN(C(=O)c3ccc(F)c(Cl)c3)C([2H])([2H])C2)nc1. The maximum absolute atomic E-state index is 15.7. The first-order valence-corrected chi connectivity index (χ1v) is 8.96. The van der Waals surface area contributed by atoms with Crippen molar-refractivity contribution in [2.24, 2.45) is 0 Å². The van der Waals surface area contributed by atoms with Crippen molar-refractivity contribution < 1.29 is 21.8 Å². The van der Waals surface area contributed by atoms with Gasteiger partial charge in [-0.3, -0.25) is 4.79 Å². The predicted molar refractivity (Wildman–Crippen MR) is 104 cm³/mol. The van der Waals surface area contributed by atoms with Crippen LogP contribution in [0.5, 0.6) is 0 Å². The maximum Gasteiger partial charge on any atom is 0.253 e. The van der Waals surface area contributed by atoms with Gasteiger partial charge in [-0.25, -0.2) is 18.7 Å². The number of benzene rings is 1. The Hall–Kier alpha value is -2.12. The molecule has 28 heavy (non-hydrogen) atoms. The Morgan fingerprint density at radius 2 is 2.18 bits per heavy atom.